The van der Waals surface area contributed by atoms with Gasteiger partial charge in [-0.15, -0.1) is 0 Å². The van der Waals surface area contributed by atoms with Crippen molar-refractivity contribution in [2.24, 2.45) is 5.92 Å². The molecule has 2 heterocycles. The summed E-state index contributed by atoms with van der Waals surface area (Å²) >= 11 is 0. The molecule has 19 heavy (non-hydrogen) atoms. The van der Waals surface area contributed by atoms with Crippen LogP contribution in [0.1, 0.15) is 37.2 Å². The summed E-state index contributed by atoms with van der Waals surface area (Å²) in [6.45, 7) is 5.77. The second-order valence-corrected chi connectivity index (χ2v) is 4.64. The largest absolute Gasteiger partial charge is 0.461 e. The summed E-state index contributed by atoms with van der Waals surface area (Å²) in [5.41, 5.74) is 0.198. The molecule has 6 heteroatoms. The van der Waals surface area contributed by atoms with Crippen LogP contribution in [0.3, 0.4) is 0 Å². The predicted molar refractivity (Wildman–Crippen MR) is 69.1 cm³/mol. The maximum absolute atomic E-state index is 11.5. The smallest absolute Gasteiger partial charge is 0.360 e. The molecule has 1 atom stereocenters. The number of rotatable bonds is 5. The second kappa shape index (κ2) is 6.56. The molecule has 1 unspecified atom stereocenters. The fraction of sp³-hybridized carbons (Fsp3) is 0.692. The van der Waals surface area contributed by atoms with Crippen molar-refractivity contribution in [3.8, 4) is 0 Å². The molecule has 1 fully saturated rings. The molecule has 0 radical (unpaired) electrons. The van der Waals surface area contributed by atoms with Crippen LogP contribution in [0, 0.1) is 5.92 Å². The summed E-state index contributed by atoms with van der Waals surface area (Å²) in [6, 6.07) is 0.597. The fourth-order valence-electron chi connectivity index (χ4n) is 2.17. The standard InChI is InChI=1S/C13H20N2O4/c1-3-18-12(16)11-8-19-13(15-11)14-9(2)10-4-6-17-7-5-10/h8-10H,3-7H2,1-2H3,(H,14,15). The number of carbonyl (C=O) groups excluding carboxylic acids is 1. The summed E-state index contributed by atoms with van der Waals surface area (Å²) in [6.07, 6.45) is 3.37. The number of esters is 1. The van der Waals surface area contributed by atoms with Crippen LogP contribution in [0.5, 0.6) is 0 Å². The zero-order chi connectivity index (χ0) is 13.7. The predicted octanol–water partition coefficient (Wildman–Crippen LogP) is 2.08. The fourth-order valence-corrected chi connectivity index (χ4v) is 2.17. The van der Waals surface area contributed by atoms with Crippen molar-refractivity contribution in [1.82, 2.24) is 4.98 Å². The van der Waals surface area contributed by atoms with E-state index in [1.165, 1.54) is 6.26 Å². The Morgan fingerprint density at radius 2 is 2.32 bits per heavy atom. The molecule has 106 valence electrons. The monoisotopic (exact) mass is 268 g/mol. The van der Waals surface area contributed by atoms with Crippen molar-refractivity contribution in [3.63, 3.8) is 0 Å². The maximum atomic E-state index is 11.5. The highest BCUT2D eigenvalue weighted by Crippen LogP contribution is 2.21. The van der Waals surface area contributed by atoms with Crippen LogP contribution in [0.4, 0.5) is 6.01 Å². The molecule has 2 rings (SSSR count). The normalized spacial score (nSPS) is 18.0. The van der Waals surface area contributed by atoms with E-state index in [0.717, 1.165) is 26.1 Å². The van der Waals surface area contributed by atoms with E-state index in [4.69, 9.17) is 13.9 Å². The lowest BCUT2D eigenvalue weighted by molar-refractivity contribution is 0.0519. The van der Waals surface area contributed by atoms with Crippen molar-refractivity contribution in [1.29, 1.82) is 0 Å². The molecular formula is C13H20N2O4. The summed E-state index contributed by atoms with van der Waals surface area (Å²) in [7, 11) is 0. The van der Waals surface area contributed by atoms with E-state index in [0.29, 0.717) is 18.5 Å². The lowest BCUT2D eigenvalue weighted by atomic mass is 9.93. The minimum absolute atomic E-state index is 0.198. The zero-order valence-corrected chi connectivity index (χ0v) is 11.3. The van der Waals surface area contributed by atoms with Crippen molar-refractivity contribution >= 4 is 12.0 Å². The number of carbonyl (C=O) groups is 1. The third kappa shape index (κ3) is 3.70. The van der Waals surface area contributed by atoms with E-state index in [1.807, 2.05) is 0 Å². The van der Waals surface area contributed by atoms with Crippen LogP contribution in [-0.4, -0.2) is 36.8 Å². The third-order valence-electron chi connectivity index (χ3n) is 3.31. The average molecular weight is 268 g/mol. The Hall–Kier alpha value is -1.56. The van der Waals surface area contributed by atoms with E-state index >= 15 is 0 Å². The Kier molecular flexibility index (Phi) is 4.79. The molecule has 0 bridgehead atoms. The van der Waals surface area contributed by atoms with Gasteiger partial charge in [0.15, 0.2) is 5.69 Å². The van der Waals surface area contributed by atoms with Crippen molar-refractivity contribution in [3.05, 3.63) is 12.0 Å². The van der Waals surface area contributed by atoms with Crippen LogP contribution in [-0.2, 0) is 9.47 Å². The van der Waals surface area contributed by atoms with Crippen LogP contribution in [0.2, 0.25) is 0 Å². The highest BCUT2D eigenvalue weighted by molar-refractivity contribution is 5.87. The number of nitrogens with zero attached hydrogens (tertiary/aromatic N) is 1. The first-order chi connectivity index (χ1) is 9.20. The summed E-state index contributed by atoms with van der Waals surface area (Å²) in [5.74, 6) is 0.0738. The lowest BCUT2D eigenvalue weighted by Crippen LogP contribution is -2.31. The topological polar surface area (TPSA) is 73.6 Å². The highest BCUT2D eigenvalue weighted by atomic mass is 16.5. The molecule has 1 aromatic heterocycles. The van der Waals surface area contributed by atoms with Gasteiger partial charge < -0.3 is 19.2 Å². The van der Waals surface area contributed by atoms with Gasteiger partial charge in [0.25, 0.3) is 6.01 Å². The number of hydrogen-bond donors (Lipinski definition) is 1. The molecule has 0 saturated carbocycles. The van der Waals surface area contributed by atoms with E-state index in [9.17, 15) is 4.79 Å². The minimum atomic E-state index is -0.460. The number of nitrogens with one attached hydrogen (secondary N) is 1. The van der Waals surface area contributed by atoms with Gasteiger partial charge in [0.05, 0.1) is 6.61 Å². The van der Waals surface area contributed by atoms with Gasteiger partial charge >= 0.3 is 5.97 Å². The highest BCUT2D eigenvalue weighted by Gasteiger charge is 2.22. The van der Waals surface area contributed by atoms with E-state index in [-0.39, 0.29) is 11.7 Å². The molecule has 6 nitrogen and oxygen atoms in total. The second-order valence-electron chi connectivity index (χ2n) is 4.64. The Morgan fingerprint density at radius 3 is 3.00 bits per heavy atom. The molecule has 0 amide bonds. The van der Waals surface area contributed by atoms with Gasteiger partial charge in [-0.25, -0.2) is 4.79 Å². The SMILES string of the molecule is CCOC(=O)c1coc(NC(C)C2CCOCC2)n1. The van der Waals surface area contributed by atoms with E-state index < -0.39 is 5.97 Å². The molecule has 0 spiro atoms. The van der Waals surface area contributed by atoms with Gasteiger partial charge in [-0.1, -0.05) is 0 Å². The molecule has 1 N–H and O–H groups in total. The van der Waals surface area contributed by atoms with Crippen LogP contribution >= 0.6 is 0 Å². The molecule has 0 aromatic carbocycles. The summed E-state index contributed by atoms with van der Waals surface area (Å²) < 4.78 is 15.4. The third-order valence-corrected chi connectivity index (χ3v) is 3.31. The molecular weight excluding hydrogens is 248 g/mol. The average Bonchev–Trinajstić information content (AvgIpc) is 2.88. The molecule has 1 saturated heterocycles. The number of aromatic nitrogens is 1. The number of hydrogen-bond acceptors (Lipinski definition) is 6. The number of anilines is 1. The Balaban J connectivity index is 1.90. The summed E-state index contributed by atoms with van der Waals surface area (Å²) in [4.78, 5) is 15.5. The van der Waals surface area contributed by atoms with E-state index in [1.54, 1.807) is 6.92 Å². The number of ether oxygens (including phenoxy) is 2. The maximum Gasteiger partial charge on any atom is 0.360 e. The minimum Gasteiger partial charge on any atom is -0.461 e. The van der Waals surface area contributed by atoms with E-state index in [2.05, 4.69) is 17.2 Å². The first kappa shape index (κ1) is 13.9. The molecule has 1 aliphatic rings. The first-order valence-electron chi connectivity index (χ1n) is 6.67. The Morgan fingerprint density at radius 1 is 1.58 bits per heavy atom. The van der Waals surface area contributed by atoms with Crippen LogP contribution in [0.25, 0.3) is 0 Å². The molecule has 1 aromatic rings. The Labute approximate surface area is 112 Å². The van der Waals surface area contributed by atoms with Crippen LogP contribution in [0.15, 0.2) is 10.7 Å². The van der Waals surface area contributed by atoms with Gasteiger partial charge in [0.2, 0.25) is 0 Å². The van der Waals surface area contributed by atoms with Crippen molar-refractivity contribution in [2.45, 2.75) is 32.7 Å². The first-order valence-corrected chi connectivity index (χ1v) is 6.67. The Bertz CT molecular complexity index is 413. The van der Waals surface area contributed by atoms with Crippen molar-refractivity contribution < 1.29 is 18.7 Å². The van der Waals surface area contributed by atoms with Crippen LogP contribution < -0.4 is 5.32 Å². The van der Waals surface area contributed by atoms with Crippen molar-refractivity contribution in [2.75, 3.05) is 25.1 Å². The lowest BCUT2D eigenvalue weighted by Gasteiger charge is -2.27. The number of oxazole rings is 1. The summed E-state index contributed by atoms with van der Waals surface area (Å²) in [5, 5.41) is 3.19. The molecule has 1 aliphatic heterocycles. The van der Waals surface area contributed by atoms with Gasteiger partial charge in [-0.05, 0) is 32.6 Å². The van der Waals surface area contributed by atoms with Gasteiger partial charge in [0.1, 0.15) is 6.26 Å². The van der Waals surface area contributed by atoms with Gasteiger partial charge in [-0.3, -0.25) is 0 Å². The molecule has 0 aliphatic carbocycles. The zero-order valence-electron chi connectivity index (χ0n) is 11.3. The quantitative estimate of drug-likeness (QED) is 0.824. The van der Waals surface area contributed by atoms with Gasteiger partial charge in [-0.2, -0.15) is 4.98 Å². The van der Waals surface area contributed by atoms with Gasteiger partial charge in [0, 0.05) is 19.3 Å².